The highest BCUT2D eigenvalue weighted by atomic mass is 32.1. The summed E-state index contributed by atoms with van der Waals surface area (Å²) in [5.41, 5.74) is 0.998. The van der Waals surface area contributed by atoms with Crippen LogP contribution in [0.2, 0.25) is 0 Å². The van der Waals surface area contributed by atoms with Crippen molar-refractivity contribution in [1.29, 1.82) is 0 Å². The summed E-state index contributed by atoms with van der Waals surface area (Å²) in [4.78, 5) is 13.0. The molecule has 0 aliphatic heterocycles. The number of aromatic nitrogens is 1. The van der Waals surface area contributed by atoms with Gasteiger partial charge in [0.1, 0.15) is 6.92 Å². The number of aryl methyl sites for hydroxylation is 1. The molecule has 0 aromatic carbocycles. The first-order chi connectivity index (χ1) is 4.68. The lowest BCUT2D eigenvalue weighted by Crippen LogP contribution is -2.81. The van der Waals surface area contributed by atoms with Crippen molar-refractivity contribution in [3.8, 4) is 0 Å². The van der Waals surface area contributed by atoms with Crippen LogP contribution in [0.5, 0.6) is 0 Å². The second kappa shape index (κ2) is 2.90. The first-order valence-corrected chi connectivity index (χ1v) is 3.86. The van der Waals surface area contributed by atoms with E-state index < -0.39 is 0 Å². The lowest BCUT2D eigenvalue weighted by Gasteiger charge is -1.79. The van der Waals surface area contributed by atoms with Crippen LogP contribution in [-0.4, -0.2) is 15.7 Å². The molecule has 0 bridgehead atoms. The van der Waals surface area contributed by atoms with Crippen LogP contribution in [0.1, 0.15) is 12.6 Å². The average molecular weight is 158 g/mol. The molecule has 1 aromatic heterocycles. The summed E-state index contributed by atoms with van der Waals surface area (Å²) in [5.74, 6) is 0.300. The summed E-state index contributed by atoms with van der Waals surface area (Å²) in [7, 11) is 0. The molecule has 3 N–H and O–H groups in total. The van der Waals surface area contributed by atoms with Crippen LogP contribution in [0.4, 0.5) is 5.13 Å². The molecular weight excluding hydrogens is 148 g/mol. The summed E-state index contributed by atoms with van der Waals surface area (Å²) in [6.45, 7) is 3.57. The van der Waals surface area contributed by atoms with Gasteiger partial charge >= 0.3 is 5.91 Å². The minimum atomic E-state index is 0.300. The zero-order valence-electron chi connectivity index (χ0n) is 5.96. The van der Waals surface area contributed by atoms with Gasteiger partial charge in [0.15, 0.2) is 0 Å². The van der Waals surface area contributed by atoms with Crippen LogP contribution in [-0.2, 0) is 0 Å². The number of thiazole rings is 1. The Morgan fingerprint density at radius 1 is 1.80 bits per heavy atom. The third-order valence-corrected chi connectivity index (χ3v) is 1.88. The van der Waals surface area contributed by atoms with Gasteiger partial charge in [-0.25, -0.2) is 4.79 Å². The monoisotopic (exact) mass is 158 g/mol. The maximum atomic E-state index is 8.84. The van der Waals surface area contributed by atoms with E-state index in [9.17, 15) is 0 Å². The van der Waals surface area contributed by atoms with Gasteiger partial charge < -0.3 is 0 Å². The Hall–Kier alpha value is -0.740. The molecule has 4 heteroatoms. The van der Waals surface area contributed by atoms with Gasteiger partial charge in [0.25, 0.3) is 5.13 Å². The minimum absolute atomic E-state index is 0.300. The fourth-order valence-electron chi connectivity index (χ4n) is 0.617. The summed E-state index contributed by atoms with van der Waals surface area (Å²) >= 11 is 1.53. The summed E-state index contributed by atoms with van der Waals surface area (Å²) < 4.78 is 0. The van der Waals surface area contributed by atoms with Gasteiger partial charge in [-0.2, -0.15) is 10.3 Å². The number of rotatable bonds is 1. The predicted octanol–water partition coefficient (Wildman–Crippen LogP) is 0.169. The zero-order valence-corrected chi connectivity index (χ0v) is 6.77. The molecule has 0 unspecified atom stereocenters. The number of amides is 1. The number of carbonyl (C=O) groups excluding carboxylic acids is 1. The van der Waals surface area contributed by atoms with E-state index in [1.54, 1.807) is 12.2 Å². The molecule has 0 spiro atoms. The second-order valence-electron chi connectivity index (χ2n) is 2.11. The molecule has 0 saturated carbocycles. The molecule has 0 aliphatic rings. The lowest BCUT2D eigenvalue weighted by atomic mass is 10.6. The molecular formula is C6H10N2OS+2. The number of nitrogens with two attached hydrogens (primary N) is 1. The quantitative estimate of drug-likeness (QED) is 0.582. The van der Waals surface area contributed by atoms with E-state index in [4.69, 9.17) is 4.79 Å². The van der Waals surface area contributed by atoms with Crippen molar-refractivity contribution < 1.29 is 10.1 Å². The molecule has 0 radical (unpaired) electrons. The van der Waals surface area contributed by atoms with Gasteiger partial charge in [-0.15, -0.1) is 0 Å². The third kappa shape index (κ3) is 1.89. The number of primary amides is 1. The second-order valence-corrected chi connectivity index (χ2v) is 3.00. The van der Waals surface area contributed by atoms with E-state index in [1.165, 1.54) is 11.3 Å². The van der Waals surface area contributed by atoms with Crippen molar-refractivity contribution >= 4 is 22.4 Å². The molecule has 10 heavy (non-hydrogen) atoms. The fourth-order valence-corrected chi connectivity index (χ4v) is 1.40. The molecule has 1 amide bonds. The number of hydrogen-bond acceptors (Lipinski definition) is 2. The minimum Gasteiger partial charge on any atom is -0.231 e. The Morgan fingerprint density at radius 2 is 2.50 bits per heavy atom. The Bertz CT molecular complexity index is 244. The average Bonchev–Trinajstić information content (AvgIpc) is 2.13. The zero-order chi connectivity index (χ0) is 7.56. The van der Waals surface area contributed by atoms with Crippen LogP contribution in [0.3, 0.4) is 0 Å². The molecule has 0 fully saturated rings. The SMILES string of the molecule is CC(=[OH+])[NH2+]c1nc(C)cs1. The molecule has 54 valence electrons. The van der Waals surface area contributed by atoms with Crippen molar-refractivity contribution in [2.45, 2.75) is 13.8 Å². The first kappa shape index (κ1) is 7.37. The van der Waals surface area contributed by atoms with Crippen LogP contribution in [0.25, 0.3) is 0 Å². The van der Waals surface area contributed by atoms with Crippen LogP contribution >= 0.6 is 11.3 Å². The summed E-state index contributed by atoms with van der Waals surface area (Å²) in [6, 6.07) is 0. The van der Waals surface area contributed by atoms with Crippen LogP contribution in [0.15, 0.2) is 5.38 Å². The molecule has 0 atom stereocenters. The number of quaternary nitrogens is 1. The van der Waals surface area contributed by atoms with Gasteiger partial charge in [-0.1, -0.05) is 11.3 Å². The normalized spacial score (nSPS) is 9.80. The topological polar surface area (TPSA) is 50.9 Å². The van der Waals surface area contributed by atoms with Crippen LogP contribution in [0, 0.1) is 6.92 Å². The maximum Gasteiger partial charge on any atom is 0.481 e. The van der Waals surface area contributed by atoms with E-state index >= 15 is 0 Å². The highest BCUT2D eigenvalue weighted by Crippen LogP contribution is 2.07. The highest BCUT2D eigenvalue weighted by molar-refractivity contribution is 7.12. The van der Waals surface area contributed by atoms with Crippen molar-refractivity contribution in [3.05, 3.63) is 11.1 Å². The first-order valence-electron chi connectivity index (χ1n) is 2.98. The standard InChI is InChI=1S/C6H8N2OS/c1-4-3-10-6(7-4)8-5(2)9/h3H,1-2H3,(H,7,8,9)/p+2. The van der Waals surface area contributed by atoms with E-state index in [0.29, 0.717) is 5.91 Å². The Morgan fingerprint density at radius 3 is 2.90 bits per heavy atom. The molecule has 3 nitrogen and oxygen atoms in total. The van der Waals surface area contributed by atoms with Crippen molar-refractivity contribution in [3.63, 3.8) is 0 Å². The van der Waals surface area contributed by atoms with E-state index in [-0.39, 0.29) is 0 Å². The molecule has 0 aliphatic carbocycles. The lowest BCUT2D eigenvalue weighted by molar-refractivity contribution is -0.452. The fraction of sp³-hybridized carbons (Fsp3) is 0.333. The third-order valence-electron chi connectivity index (χ3n) is 0.969. The smallest absolute Gasteiger partial charge is 0.231 e. The van der Waals surface area contributed by atoms with Crippen molar-refractivity contribution in [2.75, 3.05) is 0 Å². The molecule has 0 saturated heterocycles. The molecule has 1 heterocycles. The summed E-state index contributed by atoms with van der Waals surface area (Å²) in [6.07, 6.45) is 0. The van der Waals surface area contributed by atoms with E-state index in [2.05, 4.69) is 4.98 Å². The van der Waals surface area contributed by atoms with Gasteiger partial charge in [0.2, 0.25) is 0 Å². The summed E-state index contributed by atoms with van der Waals surface area (Å²) in [5, 5.41) is 4.46. The molecule has 1 aromatic rings. The molecule has 1 rings (SSSR count). The van der Waals surface area contributed by atoms with Crippen molar-refractivity contribution in [2.24, 2.45) is 0 Å². The Kier molecular flexibility index (Phi) is 2.13. The van der Waals surface area contributed by atoms with Gasteiger partial charge in [-0.3, -0.25) is 0 Å². The number of nitrogens with zero attached hydrogens (tertiary/aromatic N) is 1. The van der Waals surface area contributed by atoms with E-state index in [0.717, 1.165) is 10.8 Å². The van der Waals surface area contributed by atoms with E-state index in [1.807, 2.05) is 12.3 Å². The Labute approximate surface area is 63.1 Å². The Balaban J connectivity index is 2.67. The van der Waals surface area contributed by atoms with Crippen LogP contribution < -0.4 is 5.32 Å². The van der Waals surface area contributed by atoms with Crippen molar-refractivity contribution in [1.82, 2.24) is 4.98 Å². The van der Waals surface area contributed by atoms with Gasteiger partial charge in [0, 0.05) is 5.38 Å². The largest absolute Gasteiger partial charge is 0.481 e. The van der Waals surface area contributed by atoms with Gasteiger partial charge in [-0.05, 0) is 6.92 Å². The maximum absolute atomic E-state index is 8.84. The highest BCUT2D eigenvalue weighted by Gasteiger charge is 2.08. The van der Waals surface area contributed by atoms with Gasteiger partial charge in [0.05, 0.1) is 5.69 Å². The predicted molar refractivity (Wildman–Crippen MR) is 41.1 cm³/mol. The number of hydrogen-bond donors (Lipinski definition) is 1.